The van der Waals surface area contributed by atoms with Gasteiger partial charge in [0, 0.05) is 17.4 Å². The molecule has 4 heteroatoms. The Morgan fingerprint density at radius 3 is 2.84 bits per heavy atom. The van der Waals surface area contributed by atoms with Crippen LogP contribution in [0, 0.1) is 5.92 Å². The minimum atomic E-state index is -0.305. The highest BCUT2D eigenvalue weighted by Crippen LogP contribution is 2.54. The standard InChI is InChI=1S/C21H29O3P/c1-5-6-7-8-15-12-18-20(19(13-15)24-25-22)16-11-14(2)9-10-17(16)21(3,4)23-18/h11-13,16-17H,5-10H2,1-4H3/t16-,17-/m1/s1. The van der Waals surface area contributed by atoms with Crippen LogP contribution in [0.4, 0.5) is 0 Å². The molecule has 2 aliphatic rings. The van der Waals surface area contributed by atoms with E-state index in [9.17, 15) is 4.57 Å². The van der Waals surface area contributed by atoms with Crippen molar-refractivity contribution in [1.82, 2.24) is 0 Å². The SMILES string of the molecule is CCCCCc1cc(OP=O)c2c(c1)OC(C)(C)[C@@H]1CCC(C)=C[C@@H]21. The van der Waals surface area contributed by atoms with E-state index in [0.717, 1.165) is 42.7 Å². The van der Waals surface area contributed by atoms with Gasteiger partial charge in [0.25, 0.3) is 0 Å². The molecule has 3 rings (SSSR count). The Hall–Kier alpha value is -1.34. The third-order valence-electron chi connectivity index (χ3n) is 5.72. The van der Waals surface area contributed by atoms with Crippen LogP contribution < -0.4 is 9.26 Å². The second-order valence-corrected chi connectivity index (χ2v) is 8.35. The summed E-state index contributed by atoms with van der Waals surface area (Å²) in [7, 11) is -0.305. The van der Waals surface area contributed by atoms with Crippen LogP contribution in [-0.2, 0) is 11.0 Å². The van der Waals surface area contributed by atoms with Crippen molar-refractivity contribution in [2.45, 2.75) is 77.7 Å². The van der Waals surface area contributed by atoms with E-state index in [-0.39, 0.29) is 20.2 Å². The minimum Gasteiger partial charge on any atom is -0.487 e. The van der Waals surface area contributed by atoms with E-state index in [1.807, 2.05) is 0 Å². The first-order valence-electron chi connectivity index (χ1n) is 9.49. The lowest BCUT2D eigenvalue weighted by Gasteiger charge is -2.46. The van der Waals surface area contributed by atoms with Gasteiger partial charge in [-0.2, -0.15) is 0 Å². The van der Waals surface area contributed by atoms with Crippen LogP contribution in [0.5, 0.6) is 11.5 Å². The first-order valence-corrected chi connectivity index (χ1v) is 10.2. The number of unbranched alkanes of at least 4 members (excludes halogenated alkanes) is 2. The van der Waals surface area contributed by atoms with E-state index in [2.05, 4.69) is 45.9 Å². The largest absolute Gasteiger partial charge is 0.487 e. The summed E-state index contributed by atoms with van der Waals surface area (Å²) in [5.41, 5.74) is 3.49. The molecule has 3 nitrogen and oxygen atoms in total. The Bertz CT molecular complexity index is 678. The van der Waals surface area contributed by atoms with Gasteiger partial charge in [0.1, 0.15) is 17.1 Å². The number of ether oxygens (including phenoxy) is 1. The van der Waals surface area contributed by atoms with E-state index in [0.29, 0.717) is 5.92 Å². The summed E-state index contributed by atoms with van der Waals surface area (Å²) in [5.74, 6) is 2.32. The second kappa shape index (κ2) is 7.50. The minimum absolute atomic E-state index is 0.205. The summed E-state index contributed by atoms with van der Waals surface area (Å²) in [4.78, 5) is 0. The third kappa shape index (κ3) is 3.77. The summed E-state index contributed by atoms with van der Waals surface area (Å²) >= 11 is 0. The molecule has 1 aromatic rings. The predicted molar refractivity (Wildman–Crippen MR) is 102 cm³/mol. The highest BCUT2D eigenvalue weighted by Gasteiger charge is 2.45. The first kappa shape index (κ1) is 18.5. The van der Waals surface area contributed by atoms with E-state index >= 15 is 0 Å². The van der Waals surface area contributed by atoms with Crippen molar-refractivity contribution in [1.29, 1.82) is 0 Å². The summed E-state index contributed by atoms with van der Waals surface area (Å²) in [6.45, 7) is 8.79. The predicted octanol–water partition coefficient (Wildman–Crippen LogP) is 6.62. The molecular weight excluding hydrogens is 331 g/mol. The van der Waals surface area contributed by atoms with Crippen molar-refractivity contribution in [3.8, 4) is 11.5 Å². The maximum atomic E-state index is 11.2. The van der Waals surface area contributed by atoms with Crippen LogP contribution in [0.1, 0.15) is 76.8 Å². The third-order valence-corrected chi connectivity index (χ3v) is 5.99. The molecule has 0 aromatic heterocycles. The summed E-state index contributed by atoms with van der Waals surface area (Å²) in [6.07, 6.45) is 9.17. The fraction of sp³-hybridized carbons (Fsp3) is 0.619. The molecule has 1 aromatic carbocycles. The number of rotatable bonds is 6. The van der Waals surface area contributed by atoms with Crippen LogP contribution in [0.25, 0.3) is 0 Å². The molecule has 1 heterocycles. The van der Waals surface area contributed by atoms with Crippen LogP contribution in [0.2, 0.25) is 0 Å². The maximum absolute atomic E-state index is 11.2. The molecule has 0 fully saturated rings. The van der Waals surface area contributed by atoms with E-state index in [4.69, 9.17) is 9.26 Å². The number of fused-ring (bicyclic) bond motifs is 3. The highest BCUT2D eigenvalue weighted by molar-refractivity contribution is 7.17. The molecule has 2 atom stereocenters. The molecule has 0 bridgehead atoms. The second-order valence-electron chi connectivity index (χ2n) is 8.02. The van der Waals surface area contributed by atoms with Gasteiger partial charge >= 0.3 is 8.69 Å². The molecule has 0 saturated carbocycles. The molecule has 136 valence electrons. The smallest absolute Gasteiger partial charge is 0.395 e. The topological polar surface area (TPSA) is 35.5 Å². The van der Waals surface area contributed by atoms with Gasteiger partial charge in [-0.1, -0.05) is 31.4 Å². The van der Waals surface area contributed by atoms with Gasteiger partial charge in [-0.15, -0.1) is 0 Å². The van der Waals surface area contributed by atoms with Crippen molar-refractivity contribution in [2.75, 3.05) is 0 Å². The Morgan fingerprint density at radius 2 is 2.12 bits per heavy atom. The fourth-order valence-corrected chi connectivity index (χ4v) is 4.63. The molecule has 25 heavy (non-hydrogen) atoms. The quantitative estimate of drug-likeness (QED) is 0.325. The van der Waals surface area contributed by atoms with Gasteiger partial charge in [0.05, 0.1) is 0 Å². The summed E-state index contributed by atoms with van der Waals surface area (Å²) in [6, 6.07) is 4.24. The average Bonchev–Trinajstić information content (AvgIpc) is 2.54. The average molecular weight is 360 g/mol. The zero-order valence-corrected chi connectivity index (χ0v) is 16.7. The monoisotopic (exact) mass is 360 g/mol. The molecule has 0 amide bonds. The summed E-state index contributed by atoms with van der Waals surface area (Å²) in [5, 5.41) is 0. The lowest BCUT2D eigenvalue weighted by molar-refractivity contribution is 0.0111. The van der Waals surface area contributed by atoms with Gasteiger partial charge in [-0.25, -0.2) is 4.57 Å². The molecule has 0 spiro atoms. The molecule has 0 saturated heterocycles. The first-order chi connectivity index (χ1) is 12.0. The van der Waals surface area contributed by atoms with Crippen LogP contribution in [-0.4, -0.2) is 5.60 Å². The van der Waals surface area contributed by atoms with Gasteiger partial charge in [-0.05, 0) is 64.2 Å². The normalized spacial score (nSPS) is 24.1. The van der Waals surface area contributed by atoms with E-state index in [1.54, 1.807) is 0 Å². The zero-order valence-electron chi connectivity index (χ0n) is 15.8. The molecule has 1 aliphatic carbocycles. The number of aryl methyl sites for hydroxylation is 1. The number of hydrogen-bond acceptors (Lipinski definition) is 3. The van der Waals surface area contributed by atoms with Crippen LogP contribution in [0.15, 0.2) is 23.8 Å². The number of hydrogen-bond donors (Lipinski definition) is 0. The number of benzene rings is 1. The fourth-order valence-electron chi connectivity index (χ4n) is 4.40. The lowest BCUT2D eigenvalue weighted by atomic mass is 9.68. The van der Waals surface area contributed by atoms with E-state index < -0.39 is 0 Å². The summed E-state index contributed by atoms with van der Waals surface area (Å²) < 4.78 is 23.2. The zero-order chi connectivity index (χ0) is 18.0. The van der Waals surface area contributed by atoms with E-state index in [1.165, 1.54) is 24.0 Å². The van der Waals surface area contributed by atoms with Gasteiger partial charge < -0.3 is 9.26 Å². The Kier molecular flexibility index (Phi) is 5.53. The maximum Gasteiger partial charge on any atom is 0.395 e. The van der Waals surface area contributed by atoms with Crippen LogP contribution in [0.3, 0.4) is 0 Å². The van der Waals surface area contributed by atoms with Gasteiger partial charge in [-0.3, -0.25) is 0 Å². The Morgan fingerprint density at radius 1 is 1.32 bits per heavy atom. The van der Waals surface area contributed by atoms with Crippen molar-refractivity contribution in [2.24, 2.45) is 5.92 Å². The van der Waals surface area contributed by atoms with Crippen molar-refractivity contribution in [3.05, 3.63) is 34.9 Å². The molecular formula is C21H29O3P. The van der Waals surface area contributed by atoms with Crippen molar-refractivity contribution < 1.29 is 13.8 Å². The molecule has 0 N–H and O–H groups in total. The van der Waals surface area contributed by atoms with Crippen LogP contribution >= 0.6 is 8.69 Å². The number of allylic oxidation sites excluding steroid dienone is 2. The van der Waals surface area contributed by atoms with Gasteiger partial charge in [0.2, 0.25) is 0 Å². The molecule has 0 unspecified atom stereocenters. The highest BCUT2D eigenvalue weighted by atomic mass is 31.1. The van der Waals surface area contributed by atoms with Crippen molar-refractivity contribution >= 4 is 8.69 Å². The van der Waals surface area contributed by atoms with Crippen molar-refractivity contribution in [3.63, 3.8) is 0 Å². The molecule has 1 aliphatic heterocycles. The van der Waals surface area contributed by atoms with Gasteiger partial charge in [0.15, 0.2) is 0 Å². The molecule has 0 radical (unpaired) electrons. The lowest BCUT2D eigenvalue weighted by Crippen LogP contribution is -2.45. The Balaban J connectivity index is 2.06. The Labute approximate surface area is 153 Å².